The first kappa shape index (κ1) is 20.6. The number of guanidine groups is 1. The zero-order valence-corrected chi connectivity index (χ0v) is 18.0. The fourth-order valence-electron chi connectivity index (χ4n) is 4.64. The van der Waals surface area contributed by atoms with Crippen molar-refractivity contribution in [2.45, 2.75) is 29.5 Å². The minimum atomic E-state index is -3.67. The Balaban J connectivity index is 1.40. The second-order valence-electron chi connectivity index (χ2n) is 8.13. The number of aromatic nitrogens is 2. The van der Waals surface area contributed by atoms with E-state index in [-0.39, 0.29) is 24.1 Å². The van der Waals surface area contributed by atoms with E-state index in [2.05, 4.69) is 20.6 Å². The number of hydrogen-bond acceptors (Lipinski definition) is 7. The van der Waals surface area contributed by atoms with Gasteiger partial charge in [0.25, 0.3) is 5.91 Å². The number of halogens is 1. The van der Waals surface area contributed by atoms with E-state index in [0.29, 0.717) is 24.9 Å². The van der Waals surface area contributed by atoms with E-state index in [9.17, 15) is 17.6 Å². The predicted octanol–water partition coefficient (Wildman–Crippen LogP) is 1.16. The Labute approximate surface area is 183 Å². The molecule has 1 saturated heterocycles. The Morgan fingerprint density at radius 2 is 2.12 bits per heavy atom. The first-order valence-corrected chi connectivity index (χ1v) is 11.5. The third kappa shape index (κ3) is 2.71. The second kappa shape index (κ2) is 6.86. The summed E-state index contributed by atoms with van der Waals surface area (Å²) >= 11 is 0. The number of nitrogens with zero attached hydrogens (tertiary/aromatic N) is 3. The highest BCUT2D eigenvalue weighted by Gasteiger charge is 2.75. The van der Waals surface area contributed by atoms with Crippen molar-refractivity contribution in [3.8, 4) is 5.88 Å². The summed E-state index contributed by atoms with van der Waals surface area (Å²) in [5.41, 5.74) is 1.41. The second-order valence-corrected chi connectivity index (χ2v) is 10.4. The number of alkyl halides is 1. The van der Waals surface area contributed by atoms with Crippen LogP contribution in [0.1, 0.15) is 34.5 Å². The molecule has 1 aromatic carbocycles. The third-order valence-corrected chi connectivity index (χ3v) is 9.10. The van der Waals surface area contributed by atoms with Crippen LogP contribution in [0.3, 0.4) is 0 Å². The summed E-state index contributed by atoms with van der Waals surface area (Å²) in [6.45, 7) is -0.799. The number of anilines is 1. The molecule has 3 aliphatic rings. The molecule has 10 nitrogen and oxygen atoms in total. The highest BCUT2D eigenvalue weighted by molar-refractivity contribution is 7.91. The molecule has 2 spiro atoms. The van der Waals surface area contributed by atoms with Crippen molar-refractivity contribution in [1.29, 1.82) is 5.41 Å². The average Bonchev–Trinajstić information content (AvgIpc) is 3.58. The number of rotatable bonds is 5. The first-order chi connectivity index (χ1) is 15.2. The van der Waals surface area contributed by atoms with Gasteiger partial charge in [-0.25, -0.2) is 27.1 Å². The number of amides is 1. The highest BCUT2D eigenvalue weighted by atomic mass is 32.2. The van der Waals surface area contributed by atoms with Crippen LogP contribution in [0, 0.1) is 5.41 Å². The van der Waals surface area contributed by atoms with Gasteiger partial charge >= 0.3 is 0 Å². The molecule has 5 rings (SSSR count). The summed E-state index contributed by atoms with van der Waals surface area (Å²) in [6.07, 6.45) is 4.01. The normalized spacial score (nSPS) is 23.8. The maximum atomic E-state index is 13.1. The first-order valence-electron chi connectivity index (χ1n) is 10.0. The topological polar surface area (TPSA) is 137 Å². The molecule has 1 aromatic heterocycles. The third-order valence-electron chi connectivity index (χ3n) is 6.45. The molecule has 1 amide bonds. The van der Waals surface area contributed by atoms with E-state index in [0.717, 1.165) is 15.4 Å². The van der Waals surface area contributed by atoms with Crippen LogP contribution in [0.4, 0.5) is 10.1 Å². The zero-order valence-electron chi connectivity index (χ0n) is 17.2. The van der Waals surface area contributed by atoms with Gasteiger partial charge in [0.1, 0.15) is 23.7 Å². The van der Waals surface area contributed by atoms with Crippen molar-refractivity contribution in [2.24, 2.45) is 0 Å². The molecule has 2 aliphatic carbocycles. The Morgan fingerprint density at radius 3 is 2.78 bits per heavy atom. The minimum absolute atomic E-state index is 0.0513. The molecule has 2 fully saturated rings. The van der Waals surface area contributed by atoms with Gasteiger partial charge in [-0.15, -0.1) is 0 Å². The minimum Gasteiger partial charge on any atom is -0.474 e. The summed E-state index contributed by atoms with van der Waals surface area (Å²) in [6, 6.07) is 5.34. The standard InChI is InChI=1S/C20H21FN6O4S/c1-27-18(22)26-20(19(4-5-19)32(27,29)30)9-12-2-3-13(8-14(12)20)25-17(28)15-10-24-16(11-23-15)31-7-6-21/h2-3,8,10-11H,4-7,9H2,1H3,(H2,22,26)(H,25,28)/t20-/m1/s1. The van der Waals surface area contributed by atoms with Crippen LogP contribution >= 0.6 is 0 Å². The van der Waals surface area contributed by atoms with Crippen molar-refractivity contribution in [3.63, 3.8) is 0 Å². The molecule has 1 saturated carbocycles. The molecule has 0 bridgehead atoms. The molecule has 12 heteroatoms. The van der Waals surface area contributed by atoms with E-state index >= 15 is 0 Å². The van der Waals surface area contributed by atoms with Gasteiger partial charge in [0, 0.05) is 19.2 Å². The number of fused-ring (bicyclic) bond motifs is 3. The van der Waals surface area contributed by atoms with Gasteiger partial charge in [-0.3, -0.25) is 10.2 Å². The van der Waals surface area contributed by atoms with E-state index < -0.39 is 32.9 Å². The monoisotopic (exact) mass is 460 g/mol. The molecule has 168 valence electrons. The van der Waals surface area contributed by atoms with Crippen molar-refractivity contribution < 1.29 is 22.3 Å². The summed E-state index contributed by atoms with van der Waals surface area (Å²) in [5, 5.41) is 14.0. The number of sulfonamides is 1. The highest BCUT2D eigenvalue weighted by Crippen LogP contribution is 2.63. The summed E-state index contributed by atoms with van der Waals surface area (Å²) in [5.74, 6) is -0.539. The molecule has 1 aliphatic heterocycles. The van der Waals surface area contributed by atoms with Crippen molar-refractivity contribution >= 4 is 27.6 Å². The molecule has 1 atom stereocenters. The van der Waals surface area contributed by atoms with Gasteiger partial charge in [0.15, 0.2) is 0 Å². The molecule has 0 unspecified atom stereocenters. The Morgan fingerprint density at radius 1 is 1.34 bits per heavy atom. The van der Waals surface area contributed by atoms with Crippen LogP contribution in [0.2, 0.25) is 0 Å². The van der Waals surface area contributed by atoms with E-state index in [1.165, 1.54) is 19.4 Å². The largest absolute Gasteiger partial charge is 0.474 e. The van der Waals surface area contributed by atoms with Gasteiger partial charge in [-0.05, 0) is 36.1 Å². The van der Waals surface area contributed by atoms with Gasteiger partial charge in [0.2, 0.25) is 21.9 Å². The molecular formula is C20H21FN6O4S. The summed E-state index contributed by atoms with van der Waals surface area (Å²) in [7, 11) is -2.28. The fraction of sp³-hybridized carbons (Fsp3) is 0.400. The number of carbonyl (C=O) groups is 1. The number of nitrogens with one attached hydrogen (secondary N) is 3. The lowest BCUT2D eigenvalue weighted by molar-refractivity contribution is 0.102. The number of hydrogen-bond donors (Lipinski definition) is 3. The van der Waals surface area contributed by atoms with Crippen LogP contribution in [0.25, 0.3) is 0 Å². The van der Waals surface area contributed by atoms with Gasteiger partial charge in [-0.1, -0.05) is 6.07 Å². The quantitative estimate of drug-likeness (QED) is 0.609. The molecule has 32 heavy (non-hydrogen) atoms. The number of benzene rings is 1. The fourth-order valence-corrected chi connectivity index (χ4v) is 6.74. The van der Waals surface area contributed by atoms with Crippen LogP contribution in [0.5, 0.6) is 5.88 Å². The lowest BCUT2D eigenvalue weighted by Gasteiger charge is -2.54. The van der Waals surface area contributed by atoms with E-state index in [1.54, 1.807) is 12.1 Å². The van der Waals surface area contributed by atoms with Crippen molar-refractivity contribution in [2.75, 3.05) is 25.6 Å². The number of carbonyl (C=O) groups excluding carboxylic acids is 1. The molecule has 0 radical (unpaired) electrons. The van der Waals surface area contributed by atoms with E-state index in [4.69, 9.17) is 10.1 Å². The van der Waals surface area contributed by atoms with Gasteiger partial charge < -0.3 is 15.4 Å². The maximum Gasteiger partial charge on any atom is 0.275 e. The predicted molar refractivity (Wildman–Crippen MR) is 113 cm³/mol. The van der Waals surface area contributed by atoms with E-state index in [1.807, 2.05) is 6.07 Å². The summed E-state index contributed by atoms with van der Waals surface area (Å²) < 4.78 is 43.4. The number of ether oxygens (including phenoxy) is 1. The van der Waals surface area contributed by atoms with Crippen LogP contribution in [0.15, 0.2) is 30.6 Å². The Bertz CT molecular complexity index is 1230. The molecular weight excluding hydrogens is 439 g/mol. The Hall–Kier alpha value is -3.28. The lowest BCUT2D eigenvalue weighted by Crippen LogP contribution is -2.72. The van der Waals surface area contributed by atoms with Crippen LogP contribution in [-0.4, -0.2) is 59.6 Å². The SMILES string of the molecule is CN1C(=N)N[C@@]2(Cc3ccc(NC(=O)c4cnc(OCCF)cn4)cc32)C2(CC2)S1(=O)=O. The molecule has 2 aromatic rings. The smallest absolute Gasteiger partial charge is 0.275 e. The van der Waals surface area contributed by atoms with Crippen LogP contribution < -0.4 is 15.4 Å². The molecule has 2 heterocycles. The van der Waals surface area contributed by atoms with Crippen molar-refractivity contribution in [3.05, 3.63) is 47.4 Å². The van der Waals surface area contributed by atoms with Crippen LogP contribution in [-0.2, 0) is 22.0 Å². The summed E-state index contributed by atoms with van der Waals surface area (Å²) in [4.78, 5) is 20.5. The average molecular weight is 460 g/mol. The molecule has 3 N–H and O–H groups in total. The van der Waals surface area contributed by atoms with Crippen molar-refractivity contribution in [1.82, 2.24) is 19.6 Å². The zero-order chi connectivity index (χ0) is 22.7. The maximum absolute atomic E-state index is 13.1. The Kier molecular flexibility index (Phi) is 4.42. The van der Waals surface area contributed by atoms with Gasteiger partial charge in [-0.2, -0.15) is 0 Å². The lowest BCUT2D eigenvalue weighted by atomic mass is 9.67. The van der Waals surface area contributed by atoms with Gasteiger partial charge in [0.05, 0.1) is 17.9 Å².